The maximum Gasteiger partial charge on any atom is 0.235 e. The van der Waals surface area contributed by atoms with Crippen molar-refractivity contribution in [3.05, 3.63) is 35.9 Å². The molecule has 1 saturated heterocycles. The van der Waals surface area contributed by atoms with Gasteiger partial charge in [0.05, 0.1) is 6.54 Å². The summed E-state index contributed by atoms with van der Waals surface area (Å²) in [5.74, 6) is 0.638. The third-order valence-electron chi connectivity index (χ3n) is 3.96. The molecule has 0 N–H and O–H groups in total. The number of aromatic nitrogens is 4. The van der Waals surface area contributed by atoms with E-state index in [0.717, 1.165) is 41.0 Å². The number of hydrogen-bond acceptors (Lipinski definition) is 5. The minimum absolute atomic E-state index is 0.238. The molecule has 0 aliphatic carbocycles. The number of halogens is 1. The third-order valence-corrected chi connectivity index (χ3v) is 4.91. The molecule has 4 rings (SSSR count). The van der Waals surface area contributed by atoms with E-state index in [4.69, 9.17) is 0 Å². The zero-order valence-electron chi connectivity index (χ0n) is 12.1. The predicted molar refractivity (Wildman–Crippen MR) is 83.2 cm³/mol. The number of hydrogen-bond donors (Lipinski definition) is 0. The van der Waals surface area contributed by atoms with E-state index in [1.165, 1.54) is 42.7 Å². The lowest BCUT2D eigenvalue weighted by molar-refractivity contribution is 0.214. The van der Waals surface area contributed by atoms with Gasteiger partial charge in [0.25, 0.3) is 0 Å². The van der Waals surface area contributed by atoms with Gasteiger partial charge in [0.15, 0.2) is 5.82 Å². The highest BCUT2D eigenvalue weighted by Crippen LogP contribution is 2.26. The van der Waals surface area contributed by atoms with E-state index in [1.54, 1.807) is 12.1 Å². The van der Waals surface area contributed by atoms with Crippen molar-refractivity contribution in [2.45, 2.75) is 25.8 Å². The van der Waals surface area contributed by atoms with Crippen LogP contribution < -0.4 is 0 Å². The van der Waals surface area contributed by atoms with Crippen LogP contribution in [0.15, 0.2) is 24.3 Å². The summed E-state index contributed by atoms with van der Waals surface area (Å²) in [4.78, 5) is 3.18. The van der Waals surface area contributed by atoms with Crippen LogP contribution in [0.25, 0.3) is 15.5 Å². The van der Waals surface area contributed by atoms with Crippen LogP contribution in [-0.4, -0.2) is 37.8 Å². The fraction of sp³-hybridized carbons (Fsp3) is 0.400. The van der Waals surface area contributed by atoms with Crippen LogP contribution in [0.5, 0.6) is 0 Å². The van der Waals surface area contributed by atoms with Gasteiger partial charge >= 0.3 is 0 Å². The van der Waals surface area contributed by atoms with Crippen molar-refractivity contribution in [2.75, 3.05) is 13.1 Å². The first-order valence-corrected chi connectivity index (χ1v) is 8.31. The van der Waals surface area contributed by atoms with Gasteiger partial charge in [0, 0.05) is 5.56 Å². The van der Waals surface area contributed by atoms with Crippen molar-refractivity contribution in [3.8, 4) is 10.6 Å². The van der Waals surface area contributed by atoms with Gasteiger partial charge in [-0.25, -0.2) is 4.39 Å². The number of rotatable bonds is 3. The molecular weight excluding hydrogens is 301 g/mol. The van der Waals surface area contributed by atoms with Gasteiger partial charge in [-0.15, -0.1) is 10.2 Å². The molecule has 3 heterocycles. The van der Waals surface area contributed by atoms with Gasteiger partial charge in [0.2, 0.25) is 4.96 Å². The Bertz CT molecular complexity index is 773. The summed E-state index contributed by atoms with van der Waals surface area (Å²) < 4.78 is 14.8. The summed E-state index contributed by atoms with van der Waals surface area (Å²) in [5, 5.41) is 13.9. The highest BCUT2D eigenvalue weighted by Gasteiger charge is 2.17. The van der Waals surface area contributed by atoms with E-state index in [0.29, 0.717) is 0 Å². The summed E-state index contributed by atoms with van der Waals surface area (Å²) in [7, 11) is 0. The molecule has 0 radical (unpaired) electrons. The average molecular weight is 317 g/mol. The molecule has 0 spiro atoms. The van der Waals surface area contributed by atoms with Gasteiger partial charge in [-0.3, -0.25) is 4.90 Å². The third kappa shape index (κ3) is 2.62. The summed E-state index contributed by atoms with van der Waals surface area (Å²) in [6.45, 7) is 3.02. The highest BCUT2D eigenvalue weighted by atomic mass is 32.1. The van der Waals surface area contributed by atoms with Gasteiger partial charge in [0.1, 0.15) is 10.8 Å². The quantitative estimate of drug-likeness (QED) is 0.745. The number of benzene rings is 1. The Morgan fingerprint density at radius 2 is 1.82 bits per heavy atom. The molecule has 5 nitrogen and oxygen atoms in total. The molecule has 1 aromatic carbocycles. The molecule has 0 saturated carbocycles. The maximum atomic E-state index is 13.0. The lowest BCUT2D eigenvalue weighted by Crippen LogP contribution is -2.30. The molecular formula is C15H16FN5S. The van der Waals surface area contributed by atoms with Crippen LogP contribution in [0.2, 0.25) is 0 Å². The molecule has 114 valence electrons. The second-order valence-electron chi connectivity index (χ2n) is 5.56. The van der Waals surface area contributed by atoms with Crippen LogP contribution in [0.3, 0.4) is 0 Å². The number of likely N-dealkylation sites (tertiary alicyclic amines) is 1. The van der Waals surface area contributed by atoms with Crippen molar-refractivity contribution in [2.24, 2.45) is 0 Å². The van der Waals surface area contributed by atoms with E-state index in [1.807, 2.05) is 4.52 Å². The minimum atomic E-state index is -0.238. The van der Waals surface area contributed by atoms with Gasteiger partial charge in [-0.2, -0.15) is 9.61 Å². The van der Waals surface area contributed by atoms with Crippen LogP contribution in [0.1, 0.15) is 25.1 Å². The van der Waals surface area contributed by atoms with E-state index in [9.17, 15) is 4.39 Å². The Morgan fingerprint density at radius 1 is 1.05 bits per heavy atom. The van der Waals surface area contributed by atoms with Crippen LogP contribution in [-0.2, 0) is 6.54 Å². The maximum absolute atomic E-state index is 13.0. The molecule has 1 aliphatic rings. The molecule has 1 fully saturated rings. The topological polar surface area (TPSA) is 46.3 Å². The molecule has 0 bridgehead atoms. The van der Waals surface area contributed by atoms with Crippen LogP contribution >= 0.6 is 11.3 Å². The first kappa shape index (κ1) is 13.8. The molecule has 22 heavy (non-hydrogen) atoms. The van der Waals surface area contributed by atoms with Crippen molar-refractivity contribution in [3.63, 3.8) is 0 Å². The Balaban J connectivity index is 1.62. The number of nitrogens with zero attached hydrogens (tertiary/aromatic N) is 5. The lowest BCUT2D eigenvalue weighted by atomic mass is 10.1. The van der Waals surface area contributed by atoms with Crippen LogP contribution in [0, 0.1) is 5.82 Å². The molecule has 0 atom stereocenters. The predicted octanol–water partition coefficient (Wildman–Crippen LogP) is 2.98. The Labute approximate surface area is 131 Å². The molecule has 2 aromatic heterocycles. The van der Waals surface area contributed by atoms with Crippen molar-refractivity contribution in [1.82, 2.24) is 24.7 Å². The van der Waals surface area contributed by atoms with E-state index < -0.39 is 0 Å². The zero-order chi connectivity index (χ0) is 14.9. The highest BCUT2D eigenvalue weighted by molar-refractivity contribution is 7.19. The Kier molecular flexibility index (Phi) is 3.59. The fourth-order valence-electron chi connectivity index (χ4n) is 2.78. The lowest BCUT2D eigenvalue weighted by Gasteiger charge is -2.25. The monoisotopic (exact) mass is 317 g/mol. The number of fused-ring (bicyclic) bond motifs is 1. The van der Waals surface area contributed by atoms with Crippen molar-refractivity contribution < 1.29 is 4.39 Å². The second-order valence-corrected chi connectivity index (χ2v) is 6.52. The zero-order valence-corrected chi connectivity index (χ0v) is 12.9. The van der Waals surface area contributed by atoms with Gasteiger partial charge < -0.3 is 0 Å². The van der Waals surface area contributed by atoms with Crippen molar-refractivity contribution in [1.29, 1.82) is 0 Å². The van der Waals surface area contributed by atoms with Crippen molar-refractivity contribution >= 4 is 16.3 Å². The Morgan fingerprint density at radius 3 is 2.59 bits per heavy atom. The second kappa shape index (κ2) is 5.73. The minimum Gasteiger partial charge on any atom is -0.296 e. The largest absolute Gasteiger partial charge is 0.296 e. The first-order valence-electron chi connectivity index (χ1n) is 7.49. The summed E-state index contributed by atoms with van der Waals surface area (Å²) in [6.07, 6.45) is 3.82. The van der Waals surface area contributed by atoms with E-state index in [2.05, 4.69) is 20.2 Å². The summed E-state index contributed by atoms with van der Waals surface area (Å²) in [6, 6.07) is 6.38. The average Bonchev–Trinajstić information content (AvgIpc) is 3.11. The Hall–Kier alpha value is -1.86. The van der Waals surface area contributed by atoms with E-state index >= 15 is 0 Å². The van der Waals surface area contributed by atoms with E-state index in [-0.39, 0.29) is 5.82 Å². The standard InChI is InChI=1S/C15H16FN5S/c16-12-6-4-11(5-7-12)14-19-21-13(17-18-15(21)22-14)10-20-8-2-1-3-9-20/h4-7H,1-3,8-10H2. The summed E-state index contributed by atoms with van der Waals surface area (Å²) in [5.41, 5.74) is 0.904. The van der Waals surface area contributed by atoms with Gasteiger partial charge in [-0.05, 0) is 50.2 Å². The smallest absolute Gasteiger partial charge is 0.235 e. The molecule has 0 amide bonds. The van der Waals surface area contributed by atoms with Crippen LogP contribution in [0.4, 0.5) is 4.39 Å². The SMILES string of the molecule is Fc1ccc(-c2nn3c(CN4CCCCC4)nnc3s2)cc1. The summed E-state index contributed by atoms with van der Waals surface area (Å²) >= 11 is 1.48. The molecule has 1 aliphatic heterocycles. The first-order chi connectivity index (χ1) is 10.8. The molecule has 7 heteroatoms. The molecule has 0 unspecified atom stereocenters. The fourth-order valence-corrected chi connectivity index (χ4v) is 3.65. The van der Waals surface area contributed by atoms with Gasteiger partial charge in [-0.1, -0.05) is 17.8 Å². The molecule has 3 aromatic rings. The number of piperidine rings is 1. The normalized spacial score (nSPS) is 16.4.